The molecule has 2 rings (SSSR count). The Morgan fingerprint density at radius 2 is 2.35 bits per heavy atom. The lowest BCUT2D eigenvalue weighted by molar-refractivity contribution is -0.118. The highest BCUT2D eigenvalue weighted by Crippen LogP contribution is 2.11. The van der Waals surface area contributed by atoms with Gasteiger partial charge in [0.1, 0.15) is 5.15 Å². The van der Waals surface area contributed by atoms with Gasteiger partial charge in [-0.1, -0.05) is 24.4 Å². The Hall–Kier alpha value is -1.20. The first-order chi connectivity index (χ1) is 8.25. The summed E-state index contributed by atoms with van der Waals surface area (Å²) >= 11 is 5.72. The second-order valence-electron chi connectivity index (χ2n) is 4.05. The van der Waals surface area contributed by atoms with Crippen LogP contribution in [0.4, 0.5) is 5.95 Å². The van der Waals surface area contributed by atoms with Gasteiger partial charge < -0.3 is 5.32 Å². The molecule has 0 aromatic carbocycles. The van der Waals surface area contributed by atoms with Gasteiger partial charge >= 0.3 is 0 Å². The van der Waals surface area contributed by atoms with E-state index in [0.717, 1.165) is 25.8 Å². The lowest BCUT2D eigenvalue weighted by Crippen LogP contribution is -2.40. The van der Waals surface area contributed by atoms with Crippen LogP contribution in [-0.2, 0) is 4.79 Å². The third-order valence-electron chi connectivity index (χ3n) is 2.73. The van der Waals surface area contributed by atoms with Crippen LogP contribution in [-0.4, -0.2) is 28.5 Å². The van der Waals surface area contributed by atoms with E-state index >= 15 is 0 Å². The van der Waals surface area contributed by atoms with Crippen LogP contribution in [0.25, 0.3) is 0 Å². The van der Waals surface area contributed by atoms with Crippen LogP contribution in [0.2, 0.25) is 5.15 Å². The smallest absolute Gasteiger partial charge is 0.243 e. The quantitative estimate of drug-likeness (QED) is 0.787. The van der Waals surface area contributed by atoms with Crippen molar-refractivity contribution in [3.8, 4) is 0 Å². The van der Waals surface area contributed by atoms with Crippen molar-refractivity contribution in [3.63, 3.8) is 0 Å². The van der Waals surface area contributed by atoms with E-state index < -0.39 is 0 Å². The van der Waals surface area contributed by atoms with Crippen LogP contribution < -0.4 is 10.6 Å². The van der Waals surface area contributed by atoms with Gasteiger partial charge in [-0.25, -0.2) is 9.97 Å². The molecule has 6 heteroatoms. The second kappa shape index (κ2) is 5.93. The van der Waals surface area contributed by atoms with Crippen molar-refractivity contribution in [2.24, 2.45) is 0 Å². The molecule has 1 unspecified atom stereocenters. The van der Waals surface area contributed by atoms with E-state index in [2.05, 4.69) is 20.6 Å². The highest BCUT2D eigenvalue weighted by atomic mass is 35.5. The summed E-state index contributed by atoms with van der Waals surface area (Å²) in [5.41, 5.74) is 0. The van der Waals surface area contributed by atoms with Crippen LogP contribution in [0.15, 0.2) is 12.3 Å². The Kier molecular flexibility index (Phi) is 4.28. The third kappa shape index (κ3) is 3.64. The van der Waals surface area contributed by atoms with E-state index in [-0.39, 0.29) is 17.9 Å². The summed E-state index contributed by atoms with van der Waals surface area (Å²) in [6.07, 6.45) is 5.74. The zero-order valence-electron chi connectivity index (χ0n) is 9.45. The molecule has 2 heterocycles. The average molecular weight is 255 g/mol. The number of amides is 1. The molecule has 0 radical (unpaired) electrons. The molecule has 0 bridgehead atoms. The van der Waals surface area contributed by atoms with Crippen molar-refractivity contribution in [2.45, 2.75) is 31.7 Å². The predicted octanol–water partition coefficient (Wildman–Crippen LogP) is 1.60. The van der Waals surface area contributed by atoms with E-state index in [4.69, 9.17) is 11.6 Å². The van der Waals surface area contributed by atoms with Crippen molar-refractivity contribution in [2.75, 3.05) is 11.9 Å². The second-order valence-corrected chi connectivity index (χ2v) is 4.44. The van der Waals surface area contributed by atoms with Gasteiger partial charge in [0.15, 0.2) is 0 Å². The molecule has 0 aliphatic carbocycles. The maximum absolute atomic E-state index is 11.9. The first-order valence-electron chi connectivity index (χ1n) is 5.78. The predicted molar refractivity (Wildman–Crippen MR) is 65.9 cm³/mol. The standard InChI is InChI=1S/C11H15ClN4O/c12-9-5-7-14-11(15-9)16-10(17)8-4-2-1-3-6-13-8/h5,7-8,13H,1-4,6H2,(H,14,15,16,17). The molecule has 17 heavy (non-hydrogen) atoms. The normalized spacial score (nSPS) is 20.6. The van der Waals surface area contributed by atoms with Crippen molar-refractivity contribution in [3.05, 3.63) is 17.4 Å². The minimum atomic E-state index is -0.153. The largest absolute Gasteiger partial charge is 0.306 e. The summed E-state index contributed by atoms with van der Waals surface area (Å²) in [5.74, 6) is 0.169. The number of hydrogen-bond acceptors (Lipinski definition) is 4. The molecule has 0 saturated carbocycles. The Balaban J connectivity index is 1.95. The van der Waals surface area contributed by atoms with Gasteiger partial charge in [0.2, 0.25) is 11.9 Å². The van der Waals surface area contributed by atoms with Crippen LogP contribution >= 0.6 is 11.6 Å². The molecular weight excluding hydrogens is 240 g/mol. The summed E-state index contributed by atoms with van der Waals surface area (Å²) < 4.78 is 0. The molecule has 1 atom stereocenters. The number of carbonyl (C=O) groups is 1. The van der Waals surface area contributed by atoms with Gasteiger partial charge in [0.25, 0.3) is 0 Å². The van der Waals surface area contributed by atoms with E-state index in [1.165, 1.54) is 12.6 Å². The van der Waals surface area contributed by atoms with Crippen molar-refractivity contribution < 1.29 is 4.79 Å². The third-order valence-corrected chi connectivity index (χ3v) is 2.94. The maximum Gasteiger partial charge on any atom is 0.243 e. The first kappa shape index (κ1) is 12.3. The fourth-order valence-corrected chi connectivity index (χ4v) is 1.98. The molecular formula is C11H15ClN4O. The van der Waals surface area contributed by atoms with Gasteiger partial charge in [-0.3, -0.25) is 10.1 Å². The number of carbonyl (C=O) groups excluding carboxylic acids is 1. The molecule has 1 aliphatic heterocycles. The molecule has 1 saturated heterocycles. The lowest BCUT2D eigenvalue weighted by Gasteiger charge is -2.14. The molecule has 1 fully saturated rings. The van der Waals surface area contributed by atoms with Crippen LogP contribution in [0.3, 0.4) is 0 Å². The highest BCUT2D eigenvalue weighted by molar-refractivity contribution is 6.29. The van der Waals surface area contributed by atoms with Crippen LogP contribution in [0.1, 0.15) is 25.7 Å². The number of nitrogens with one attached hydrogen (secondary N) is 2. The molecule has 0 spiro atoms. The Bertz CT molecular complexity index is 391. The zero-order valence-corrected chi connectivity index (χ0v) is 10.2. The summed E-state index contributed by atoms with van der Waals surface area (Å²) in [4.78, 5) is 19.8. The zero-order chi connectivity index (χ0) is 12.1. The number of anilines is 1. The van der Waals surface area contributed by atoms with Gasteiger partial charge in [-0.15, -0.1) is 0 Å². The molecule has 2 N–H and O–H groups in total. The van der Waals surface area contributed by atoms with Gasteiger partial charge in [-0.05, 0) is 25.5 Å². The van der Waals surface area contributed by atoms with Gasteiger partial charge in [-0.2, -0.15) is 0 Å². The van der Waals surface area contributed by atoms with Crippen molar-refractivity contribution in [1.82, 2.24) is 15.3 Å². The van der Waals surface area contributed by atoms with Crippen molar-refractivity contribution in [1.29, 1.82) is 0 Å². The summed E-state index contributed by atoms with van der Waals surface area (Å²) in [7, 11) is 0. The summed E-state index contributed by atoms with van der Waals surface area (Å²) in [6, 6.07) is 1.42. The molecule has 5 nitrogen and oxygen atoms in total. The van der Waals surface area contributed by atoms with Crippen LogP contribution in [0, 0.1) is 0 Å². The van der Waals surface area contributed by atoms with E-state index in [0.29, 0.717) is 5.15 Å². The van der Waals surface area contributed by atoms with Crippen LogP contribution in [0.5, 0.6) is 0 Å². The molecule has 1 aromatic heterocycles. The van der Waals surface area contributed by atoms with E-state index in [9.17, 15) is 4.79 Å². The minimum absolute atomic E-state index is 0.0887. The maximum atomic E-state index is 11.9. The fourth-order valence-electron chi connectivity index (χ4n) is 1.85. The van der Waals surface area contributed by atoms with Gasteiger partial charge in [0, 0.05) is 6.20 Å². The fraction of sp³-hybridized carbons (Fsp3) is 0.545. The summed E-state index contributed by atoms with van der Waals surface area (Å²) in [5, 5.41) is 6.21. The first-order valence-corrected chi connectivity index (χ1v) is 6.16. The number of halogens is 1. The van der Waals surface area contributed by atoms with E-state index in [1.807, 2.05) is 0 Å². The molecule has 1 aromatic rings. The van der Waals surface area contributed by atoms with Gasteiger partial charge in [0.05, 0.1) is 6.04 Å². The SMILES string of the molecule is O=C(Nc1nccc(Cl)n1)C1CCCCCN1. The Labute approximate surface area is 105 Å². The van der Waals surface area contributed by atoms with Crippen molar-refractivity contribution >= 4 is 23.5 Å². The number of hydrogen-bond donors (Lipinski definition) is 2. The topological polar surface area (TPSA) is 66.9 Å². The molecule has 1 amide bonds. The number of aromatic nitrogens is 2. The molecule has 1 aliphatic rings. The number of nitrogens with zero attached hydrogens (tertiary/aromatic N) is 2. The summed E-state index contributed by atoms with van der Waals surface area (Å²) in [6.45, 7) is 0.883. The Morgan fingerprint density at radius 1 is 1.47 bits per heavy atom. The van der Waals surface area contributed by atoms with E-state index in [1.54, 1.807) is 6.07 Å². The highest BCUT2D eigenvalue weighted by Gasteiger charge is 2.20. The molecule has 92 valence electrons. The lowest BCUT2D eigenvalue weighted by atomic mass is 10.1. The average Bonchev–Trinajstić information content (AvgIpc) is 2.57. The Morgan fingerprint density at radius 3 is 3.18 bits per heavy atom. The minimum Gasteiger partial charge on any atom is -0.306 e. The monoisotopic (exact) mass is 254 g/mol. The number of rotatable bonds is 2.